The Morgan fingerprint density at radius 3 is 2.00 bits per heavy atom. The van der Waals surface area contributed by atoms with Gasteiger partial charge in [0.05, 0.1) is 11.4 Å². The molecule has 1 aromatic heterocycles. The molecule has 0 aliphatic rings. The summed E-state index contributed by atoms with van der Waals surface area (Å²) in [6.45, 7) is 2.95. The highest BCUT2D eigenvalue weighted by Gasteiger charge is 2.37. The molecule has 0 spiro atoms. The summed E-state index contributed by atoms with van der Waals surface area (Å²) in [4.78, 5) is 3.29. The Bertz CT molecular complexity index is 302. The minimum atomic E-state index is -4.49. The van der Waals surface area contributed by atoms with Crippen molar-refractivity contribution in [1.29, 1.82) is 0 Å². The van der Waals surface area contributed by atoms with E-state index >= 15 is 0 Å². The molecule has 0 aliphatic carbocycles. The summed E-state index contributed by atoms with van der Waals surface area (Å²) in [6.07, 6.45) is -4.49. The van der Waals surface area contributed by atoms with E-state index in [1.54, 1.807) is 0 Å². The van der Waals surface area contributed by atoms with Crippen molar-refractivity contribution in [3.05, 3.63) is 17.2 Å². The number of hydrogen-bond donors (Lipinski definition) is 0. The van der Waals surface area contributed by atoms with Gasteiger partial charge < -0.3 is 0 Å². The second-order valence-corrected chi connectivity index (χ2v) is 2.72. The van der Waals surface area contributed by atoms with E-state index in [-0.39, 0.29) is 5.69 Å². The van der Waals surface area contributed by atoms with E-state index in [1.807, 2.05) is 0 Å². The topological polar surface area (TPSA) is 17.8 Å². The molecule has 0 aromatic carbocycles. The first-order valence-corrected chi connectivity index (χ1v) is 3.47. The number of nitrogens with zero attached hydrogens (tertiary/aromatic N) is 2. The van der Waals surface area contributed by atoms with Crippen molar-refractivity contribution in [1.82, 2.24) is 9.07 Å². The van der Waals surface area contributed by atoms with Crippen LogP contribution in [0.3, 0.4) is 0 Å². The van der Waals surface area contributed by atoms with Crippen molar-refractivity contribution in [3.63, 3.8) is 0 Å². The van der Waals surface area contributed by atoms with E-state index in [0.717, 1.165) is 0 Å². The first kappa shape index (κ1) is 9.38. The van der Waals surface area contributed by atoms with Crippen molar-refractivity contribution in [2.24, 2.45) is 0 Å². The molecular weight excluding hydrogens is 193 g/mol. The highest BCUT2D eigenvalue weighted by Crippen LogP contribution is 2.30. The van der Waals surface area contributed by atoms with Gasteiger partial charge in [0.1, 0.15) is 0 Å². The number of hydrogen-bond acceptors (Lipinski definition) is 1. The molecule has 1 heterocycles. The van der Waals surface area contributed by atoms with Gasteiger partial charge in [0.2, 0.25) is 5.82 Å². The number of aryl methyl sites for hydroxylation is 1. The number of imidazole rings is 1. The average molecular weight is 199 g/mol. The van der Waals surface area contributed by atoms with Gasteiger partial charge in [-0.05, 0) is 13.8 Å². The Morgan fingerprint density at radius 2 is 1.83 bits per heavy atom. The highest BCUT2D eigenvalue weighted by molar-refractivity contribution is 6.16. The van der Waals surface area contributed by atoms with Crippen LogP contribution >= 0.6 is 11.8 Å². The van der Waals surface area contributed by atoms with E-state index in [0.29, 0.717) is 9.78 Å². The molecule has 1 aromatic rings. The van der Waals surface area contributed by atoms with Crippen LogP contribution in [-0.4, -0.2) is 9.07 Å². The lowest BCUT2D eigenvalue weighted by molar-refractivity contribution is -0.145. The summed E-state index contributed by atoms with van der Waals surface area (Å²) in [5, 5.41) is 0. The van der Waals surface area contributed by atoms with Gasteiger partial charge in [0, 0.05) is 11.8 Å². The highest BCUT2D eigenvalue weighted by atomic mass is 35.5. The fraction of sp³-hybridized carbons (Fsp3) is 0.500. The molecule has 0 N–H and O–H groups in total. The molecule has 0 aliphatic heterocycles. The van der Waals surface area contributed by atoms with Crippen molar-refractivity contribution >= 4 is 11.8 Å². The molecule has 0 amide bonds. The summed E-state index contributed by atoms with van der Waals surface area (Å²) in [5.74, 6) is -1.07. The lowest BCUT2D eigenvalue weighted by atomic mass is 10.4. The predicted molar refractivity (Wildman–Crippen MR) is 38.0 cm³/mol. The maximum atomic E-state index is 12.1. The van der Waals surface area contributed by atoms with Gasteiger partial charge in [-0.3, -0.25) is 0 Å². The number of rotatable bonds is 0. The van der Waals surface area contributed by atoms with Crippen LogP contribution in [-0.2, 0) is 6.18 Å². The third-order valence-corrected chi connectivity index (χ3v) is 1.94. The first-order valence-electron chi connectivity index (χ1n) is 3.13. The monoisotopic (exact) mass is 198 g/mol. The second kappa shape index (κ2) is 2.65. The summed E-state index contributed by atoms with van der Waals surface area (Å²) in [7, 11) is 0. The van der Waals surface area contributed by atoms with Gasteiger partial charge >= 0.3 is 6.18 Å². The van der Waals surface area contributed by atoms with Crippen LogP contribution in [0.15, 0.2) is 0 Å². The van der Waals surface area contributed by atoms with Crippen molar-refractivity contribution in [3.8, 4) is 0 Å². The van der Waals surface area contributed by atoms with Gasteiger partial charge in [0.25, 0.3) is 0 Å². The molecule has 2 nitrogen and oxygen atoms in total. The predicted octanol–water partition coefficient (Wildman–Crippen LogP) is 2.52. The molecule has 12 heavy (non-hydrogen) atoms. The Balaban J connectivity index is 3.28. The summed E-state index contributed by atoms with van der Waals surface area (Å²) in [6, 6.07) is 0. The van der Waals surface area contributed by atoms with Gasteiger partial charge in [0.15, 0.2) is 0 Å². The van der Waals surface area contributed by atoms with Crippen LogP contribution in [0.4, 0.5) is 13.2 Å². The standard InChI is InChI=1S/C6H6ClF3N2/c1-3-4(2)12(7)5(11-3)6(8,9)10/h1-2H3. The van der Waals surface area contributed by atoms with Crippen LogP contribution in [0.1, 0.15) is 17.2 Å². The zero-order chi connectivity index (χ0) is 9.52. The van der Waals surface area contributed by atoms with Crippen LogP contribution in [0.2, 0.25) is 0 Å². The minimum Gasteiger partial charge on any atom is -0.235 e. The Morgan fingerprint density at radius 1 is 1.33 bits per heavy atom. The molecule has 0 radical (unpaired) electrons. The summed E-state index contributed by atoms with van der Waals surface area (Å²) >= 11 is 5.33. The van der Waals surface area contributed by atoms with Crippen LogP contribution in [0.5, 0.6) is 0 Å². The maximum Gasteiger partial charge on any atom is 0.451 e. The summed E-state index contributed by atoms with van der Waals surface area (Å²) in [5.41, 5.74) is 0.598. The molecule has 0 fully saturated rings. The lowest BCUT2D eigenvalue weighted by Gasteiger charge is -2.03. The molecule has 6 heteroatoms. The molecule has 0 saturated heterocycles. The van der Waals surface area contributed by atoms with Gasteiger partial charge in [-0.1, -0.05) is 0 Å². The molecule has 0 saturated carbocycles. The van der Waals surface area contributed by atoms with E-state index in [4.69, 9.17) is 11.8 Å². The number of alkyl halides is 3. The Hall–Kier alpha value is -0.710. The Kier molecular flexibility index (Phi) is 2.07. The minimum absolute atomic E-state index is 0.289. The molecule has 0 bridgehead atoms. The quantitative estimate of drug-likeness (QED) is 0.626. The number of halogens is 4. The third-order valence-electron chi connectivity index (χ3n) is 1.53. The van der Waals surface area contributed by atoms with Gasteiger partial charge in [-0.2, -0.15) is 13.2 Å². The van der Waals surface area contributed by atoms with Crippen molar-refractivity contribution < 1.29 is 13.2 Å². The van der Waals surface area contributed by atoms with Crippen molar-refractivity contribution in [2.45, 2.75) is 20.0 Å². The fourth-order valence-electron chi connectivity index (χ4n) is 0.759. The SMILES string of the molecule is Cc1nc(C(F)(F)F)n(Cl)c1C. The third kappa shape index (κ3) is 1.41. The summed E-state index contributed by atoms with van der Waals surface area (Å²) < 4.78 is 36.7. The second-order valence-electron chi connectivity index (χ2n) is 2.38. The smallest absolute Gasteiger partial charge is 0.235 e. The normalized spacial score (nSPS) is 12.2. The zero-order valence-electron chi connectivity index (χ0n) is 6.41. The molecule has 1 rings (SSSR count). The molecule has 68 valence electrons. The van der Waals surface area contributed by atoms with Crippen LogP contribution in [0, 0.1) is 13.8 Å². The largest absolute Gasteiger partial charge is 0.451 e. The van der Waals surface area contributed by atoms with Crippen LogP contribution in [0.25, 0.3) is 0 Å². The molecular formula is C6H6ClF3N2. The lowest BCUT2D eigenvalue weighted by Crippen LogP contribution is -2.10. The van der Waals surface area contributed by atoms with Gasteiger partial charge in [-0.15, -0.1) is 0 Å². The fourth-order valence-corrected chi connectivity index (χ4v) is 1.02. The van der Waals surface area contributed by atoms with Crippen LogP contribution < -0.4 is 0 Å². The van der Waals surface area contributed by atoms with E-state index in [9.17, 15) is 13.2 Å². The van der Waals surface area contributed by atoms with Gasteiger partial charge in [-0.25, -0.2) is 9.07 Å². The molecule has 0 atom stereocenters. The van der Waals surface area contributed by atoms with E-state index in [1.165, 1.54) is 13.8 Å². The van der Waals surface area contributed by atoms with Crippen molar-refractivity contribution in [2.75, 3.05) is 0 Å². The van der Waals surface area contributed by atoms with E-state index in [2.05, 4.69) is 4.98 Å². The van der Waals surface area contributed by atoms with E-state index < -0.39 is 12.0 Å². The molecule has 0 unspecified atom stereocenters. The first-order chi connectivity index (χ1) is 5.34. The zero-order valence-corrected chi connectivity index (χ0v) is 7.16. The number of aromatic nitrogens is 2. The average Bonchev–Trinajstić information content (AvgIpc) is 2.15. The Labute approximate surface area is 72.1 Å². The maximum absolute atomic E-state index is 12.1.